The summed E-state index contributed by atoms with van der Waals surface area (Å²) in [5.41, 5.74) is 3.00. The maximum Gasteiger partial charge on any atom is 0.227 e. The van der Waals surface area contributed by atoms with Crippen molar-refractivity contribution in [3.05, 3.63) is 64.4 Å². The van der Waals surface area contributed by atoms with Crippen molar-refractivity contribution in [1.29, 1.82) is 0 Å². The molecule has 3 heteroatoms. The standard InChI is InChI=1S/C20H24N2O/c1-15(2)12-18-14-22(23)20(13-16(3)4)19(21-18)11-10-17-8-6-5-7-9-17/h5-9,14-16H,12-13H2,1-4H3. The van der Waals surface area contributed by atoms with Gasteiger partial charge >= 0.3 is 0 Å². The predicted molar refractivity (Wildman–Crippen MR) is 92.7 cm³/mol. The minimum atomic E-state index is 0.380. The molecule has 3 nitrogen and oxygen atoms in total. The molecule has 0 unspecified atom stereocenters. The van der Waals surface area contributed by atoms with E-state index in [1.807, 2.05) is 30.3 Å². The van der Waals surface area contributed by atoms with E-state index in [-0.39, 0.29) is 0 Å². The second-order valence-corrected chi connectivity index (χ2v) is 6.67. The van der Waals surface area contributed by atoms with Crippen LogP contribution in [-0.2, 0) is 12.8 Å². The van der Waals surface area contributed by atoms with Crippen molar-refractivity contribution in [3.63, 3.8) is 0 Å². The Hall–Kier alpha value is -2.34. The second kappa shape index (κ2) is 7.78. The Morgan fingerprint density at radius 2 is 1.65 bits per heavy atom. The molecule has 0 saturated carbocycles. The first-order valence-corrected chi connectivity index (χ1v) is 8.14. The zero-order chi connectivity index (χ0) is 16.8. The molecule has 2 rings (SSSR count). The molecule has 0 aliphatic carbocycles. The third kappa shape index (κ3) is 5.10. The number of nitrogens with zero attached hydrogens (tertiary/aromatic N) is 2. The summed E-state index contributed by atoms with van der Waals surface area (Å²) >= 11 is 0. The number of rotatable bonds is 4. The Labute approximate surface area is 139 Å². The fourth-order valence-corrected chi connectivity index (χ4v) is 2.40. The molecule has 0 saturated heterocycles. The lowest BCUT2D eigenvalue weighted by molar-refractivity contribution is -0.615. The van der Waals surface area contributed by atoms with E-state index in [0.717, 1.165) is 22.4 Å². The molecule has 0 spiro atoms. The summed E-state index contributed by atoms with van der Waals surface area (Å²) < 4.78 is 0.958. The molecule has 0 fully saturated rings. The van der Waals surface area contributed by atoms with Crippen LogP contribution in [0.25, 0.3) is 0 Å². The fraction of sp³-hybridized carbons (Fsp3) is 0.400. The van der Waals surface area contributed by atoms with Crippen LogP contribution in [0, 0.1) is 28.9 Å². The summed E-state index contributed by atoms with van der Waals surface area (Å²) in [6, 6.07) is 9.78. The van der Waals surface area contributed by atoms with Crippen LogP contribution >= 0.6 is 0 Å². The molecular formula is C20H24N2O. The van der Waals surface area contributed by atoms with Crippen molar-refractivity contribution in [1.82, 2.24) is 4.98 Å². The second-order valence-electron chi connectivity index (χ2n) is 6.67. The molecule has 2 aromatic rings. The van der Waals surface area contributed by atoms with Gasteiger partial charge in [-0.3, -0.25) is 0 Å². The molecule has 1 heterocycles. The maximum absolute atomic E-state index is 12.4. The normalized spacial score (nSPS) is 10.7. The third-order valence-electron chi connectivity index (χ3n) is 3.38. The molecule has 0 amide bonds. The van der Waals surface area contributed by atoms with Crippen molar-refractivity contribution in [3.8, 4) is 11.8 Å². The van der Waals surface area contributed by atoms with Gasteiger partial charge in [0.25, 0.3) is 0 Å². The van der Waals surface area contributed by atoms with Gasteiger partial charge in [-0.05, 0) is 36.3 Å². The third-order valence-corrected chi connectivity index (χ3v) is 3.38. The van der Waals surface area contributed by atoms with Gasteiger partial charge in [-0.1, -0.05) is 51.8 Å². The molecule has 0 N–H and O–H groups in total. The summed E-state index contributed by atoms with van der Waals surface area (Å²) in [6.45, 7) is 8.43. The number of hydrogen-bond acceptors (Lipinski definition) is 2. The van der Waals surface area contributed by atoms with Gasteiger partial charge in [0, 0.05) is 12.0 Å². The molecular weight excluding hydrogens is 284 g/mol. The molecule has 0 aliphatic rings. The highest BCUT2D eigenvalue weighted by atomic mass is 16.5. The minimum Gasteiger partial charge on any atom is -0.618 e. The van der Waals surface area contributed by atoms with Gasteiger partial charge in [0.15, 0.2) is 5.69 Å². The Morgan fingerprint density at radius 1 is 1.00 bits per heavy atom. The average Bonchev–Trinajstić information content (AvgIpc) is 2.48. The van der Waals surface area contributed by atoms with Gasteiger partial charge in [-0.2, -0.15) is 4.73 Å². The molecule has 0 radical (unpaired) electrons. The smallest absolute Gasteiger partial charge is 0.227 e. The highest BCUT2D eigenvalue weighted by Gasteiger charge is 2.17. The summed E-state index contributed by atoms with van der Waals surface area (Å²) in [6.07, 6.45) is 3.06. The Balaban J connectivity index is 2.44. The molecule has 1 aromatic heterocycles. The zero-order valence-electron chi connectivity index (χ0n) is 14.3. The lowest BCUT2D eigenvalue weighted by atomic mass is 10.0. The van der Waals surface area contributed by atoms with Crippen LogP contribution in [-0.4, -0.2) is 4.98 Å². The largest absolute Gasteiger partial charge is 0.618 e. The fourth-order valence-electron chi connectivity index (χ4n) is 2.40. The monoisotopic (exact) mass is 308 g/mol. The molecule has 0 atom stereocenters. The van der Waals surface area contributed by atoms with Crippen molar-refractivity contribution in [2.24, 2.45) is 11.8 Å². The highest BCUT2D eigenvalue weighted by molar-refractivity contribution is 5.41. The first-order valence-electron chi connectivity index (χ1n) is 8.14. The molecule has 1 aromatic carbocycles. The van der Waals surface area contributed by atoms with Crippen LogP contribution < -0.4 is 4.73 Å². The van der Waals surface area contributed by atoms with Crippen LogP contribution in [0.3, 0.4) is 0 Å². The first kappa shape index (κ1) is 17.0. The lowest BCUT2D eigenvalue weighted by Crippen LogP contribution is -2.35. The molecule has 0 bridgehead atoms. The zero-order valence-corrected chi connectivity index (χ0v) is 14.3. The number of benzene rings is 1. The van der Waals surface area contributed by atoms with Crippen LogP contribution in [0.15, 0.2) is 36.5 Å². The van der Waals surface area contributed by atoms with Crippen molar-refractivity contribution in [2.75, 3.05) is 0 Å². The van der Waals surface area contributed by atoms with E-state index in [2.05, 4.69) is 44.5 Å². The average molecular weight is 308 g/mol. The van der Waals surface area contributed by atoms with Gasteiger partial charge < -0.3 is 5.21 Å². The van der Waals surface area contributed by atoms with E-state index >= 15 is 0 Å². The van der Waals surface area contributed by atoms with Gasteiger partial charge in [0.1, 0.15) is 5.69 Å². The molecule has 0 aliphatic heterocycles. The van der Waals surface area contributed by atoms with Gasteiger partial charge in [0.05, 0.1) is 0 Å². The summed E-state index contributed by atoms with van der Waals surface area (Å²) in [7, 11) is 0. The summed E-state index contributed by atoms with van der Waals surface area (Å²) in [5, 5.41) is 12.4. The summed E-state index contributed by atoms with van der Waals surface area (Å²) in [5.74, 6) is 7.06. The van der Waals surface area contributed by atoms with E-state index in [4.69, 9.17) is 0 Å². The Morgan fingerprint density at radius 3 is 2.26 bits per heavy atom. The van der Waals surface area contributed by atoms with Gasteiger partial charge in [-0.25, -0.2) is 4.98 Å². The number of hydrogen-bond donors (Lipinski definition) is 0. The topological polar surface area (TPSA) is 39.8 Å². The van der Waals surface area contributed by atoms with E-state index in [1.54, 1.807) is 6.20 Å². The number of aromatic nitrogens is 2. The summed E-state index contributed by atoms with van der Waals surface area (Å²) in [4.78, 5) is 4.65. The highest BCUT2D eigenvalue weighted by Crippen LogP contribution is 2.11. The quantitative estimate of drug-likeness (QED) is 0.492. The van der Waals surface area contributed by atoms with Crippen molar-refractivity contribution in [2.45, 2.75) is 40.5 Å². The Bertz CT molecular complexity index is 710. The molecule has 23 heavy (non-hydrogen) atoms. The van der Waals surface area contributed by atoms with E-state index in [9.17, 15) is 5.21 Å². The van der Waals surface area contributed by atoms with Gasteiger partial charge in [-0.15, -0.1) is 0 Å². The van der Waals surface area contributed by atoms with Crippen molar-refractivity contribution < 1.29 is 4.73 Å². The minimum absolute atomic E-state index is 0.380. The Kier molecular flexibility index (Phi) is 5.76. The van der Waals surface area contributed by atoms with E-state index < -0.39 is 0 Å². The van der Waals surface area contributed by atoms with Crippen LogP contribution in [0.5, 0.6) is 0 Å². The van der Waals surface area contributed by atoms with Crippen LogP contribution in [0.2, 0.25) is 0 Å². The van der Waals surface area contributed by atoms with Crippen LogP contribution in [0.4, 0.5) is 0 Å². The predicted octanol–water partition coefficient (Wildman–Crippen LogP) is 3.51. The molecule has 120 valence electrons. The van der Waals surface area contributed by atoms with Gasteiger partial charge in [0.2, 0.25) is 11.9 Å². The lowest BCUT2D eigenvalue weighted by Gasteiger charge is -2.11. The van der Waals surface area contributed by atoms with Crippen molar-refractivity contribution >= 4 is 0 Å². The maximum atomic E-state index is 12.4. The van der Waals surface area contributed by atoms with E-state index in [0.29, 0.717) is 29.6 Å². The van der Waals surface area contributed by atoms with E-state index in [1.165, 1.54) is 0 Å². The SMILES string of the molecule is CC(C)Cc1c[n+]([O-])c(CC(C)C)c(C#Cc2ccccc2)n1. The first-order chi connectivity index (χ1) is 11.0. The van der Waals surface area contributed by atoms with Crippen LogP contribution in [0.1, 0.15) is 50.3 Å².